The SMILES string of the molecule is Cc1cc2ccccc2n1-c1ccc(C(=O)N2CCN(C(=O)C3(N)CC3)CC2)c(O)c1. The lowest BCUT2D eigenvalue weighted by Crippen LogP contribution is -2.55. The Hall–Kier alpha value is -3.32. The Morgan fingerprint density at radius 3 is 2.32 bits per heavy atom. The highest BCUT2D eigenvalue weighted by Crippen LogP contribution is 2.34. The Morgan fingerprint density at radius 1 is 0.968 bits per heavy atom. The molecule has 160 valence electrons. The summed E-state index contributed by atoms with van der Waals surface area (Å²) in [5, 5.41) is 11.8. The van der Waals surface area contributed by atoms with Gasteiger partial charge in [0.2, 0.25) is 5.91 Å². The summed E-state index contributed by atoms with van der Waals surface area (Å²) in [7, 11) is 0. The van der Waals surface area contributed by atoms with E-state index in [4.69, 9.17) is 5.73 Å². The maximum Gasteiger partial charge on any atom is 0.257 e. The topological polar surface area (TPSA) is 91.8 Å². The summed E-state index contributed by atoms with van der Waals surface area (Å²) >= 11 is 0. The maximum absolute atomic E-state index is 13.0. The van der Waals surface area contributed by atoms with E-state index >= 15 is 0 Å². The fraction of sp³-hybridized carbons (Fsp3) is 0.333. The monoisotopic (exact) mass is 418 g/mol. The number of carbonyl (C=O) groups is 2. The van der Waals surface area contributed by atoms with E-state index in [0.29, 0.717) is 26.2 Å². The molecule has 0 unspecified atom stereocenters. The fourth-order valence-corrected chi connectivity index (χ4v) is 4.42. The second-order valence-electron chi connectivity index (χ2n) is 8.62. The number of piperazine rings is 1. The molecule has 3 aromatic rings. The molecule has 0 spiro atoms. The van der Waals surface area contributed by atoms with Crippen molar-refractivity contribution >= 4 is 22.7 Å². The van der Waals surface area contributed by atoms with Gasteiger partial charge in [-0.2, -0.15) is 0 Å². The summed E-state index contributed by atoms with van der Waals surface area (Å²) in [4.78, 5) is 28.9. The first-order valence-electron chi connectivity index (χ1n) is 10.7. The predicted molar refractivity (Wildman–Crippen MR) is 118 cm³/mol. The lowest BCUT2D eigenvalue weighted by molar-refractivity contribution is -0.135. The minimum absolute atomic E-state index is 0.0129. The van der Waals surface area contributed by atoms with Gasteiger partial charge in [0.25, 0.3) is 5.91 Å². The van der Waals surface area contributed by atoms with Gasteiger partial charge in [-0.25, -0.2) is 0 Å². The molecule has 1 aromatic heterocycles. The molecule has 2 amide bonds. The highest BCUT2D eigenvalue weighted by atomic mass is 16.3. The third-order valence-corrected chi connectivity index (χ3v) is 6.43. The number of para-hydroxylation sites is 1. The van der Waals surface area contributed by atoms with Crippen LogP contribution in [0.25, 0.3) is 16.6 Å². The highest BCUT2D eigenvalue weighted by molar-refractivity contribution is 5.97. The van der Waals surface area contributed by atoms with Crippen LogP contribution in [0.2, 0.25) is 0 Å². The number of phenols is 1. The summed E-state index contributed by atoms with van der Waals surface area (Å²) in [6, 6.07) is 15.3. The molecule has 2 fully saturated rings. The highest BCUT2D eigenvalue weighted by Gasteiger charge is 2.48. The lowest BCUT2D eigenvalue weighted by atomic mass is 10.1. The summed E-state index contributed by atoms with van der Waals surface area (Å²) < 4.78 is 2.06. The molecule has 3 N–H and O–H groups in total. The Bertz CT molecular complexity index is 1190. The van der Waals surface area contributed by atoms with E-state index in [-0.39, 0.29) is 23.1 Å². The van der Waals surface area contributed by atoms with Crippen molar-refractivity contribution < 1.29 is 14.7 Å². The fourth-order valence-electron chi connectivity index (χ4n) is 4.42. The van der Waals surface area contributed by atoms with Crippen LogP contribution in [-0.2, 0) is 4.79 Å². The quantitative estimate of drug-likeness (QED) is 0.683. The molecule has 7 nitrogen and oxygen atoms in total. The van der Waals surface area contributed by atoms with Crippen LogP contribution in [0.5, 0.6) is 5.75 Å². The predicted octanol–water partition coefficient (Wildman–Crippen LogP) is 2.42. The van der Waals surface area contributed by atoms with Crippen molar-refractivity contribution in [2.24, 2.45) is 5.73 Å². The van der Waals surface area contributed by atoms with Crippen molar-refractivity contribution in [3.63, 3.8) is 0 Å². The lowest BCUT2D eigenvalue weighted by Gasteiger charge is -2.36. The Labute approximate surface area is 180 Å². The summed E-state index contributed by atoms with van der Waals surface area (Å²) in [5.41, 5.74) is 8.52. The van der Waals surface area contributed by atoms with Crippen LogP contribution in [0, 0.1) is 6.92 Å². The van der Waals surface area contributed by atoms with Gasteiger partial charge in [0.05, 0.1) is 16.6 Å². The van der Waals surface area contributed by atoms with Gasteiger partial charge in [0.15, 0.2) is 0 Å². The number of nitrogens with two attached hydrogens (primary N) is 1. The number of amides is 2. The number of rotatable bonds is 3. The van der Waals surface area contributed by atoms with Crippen molar-refractivity contribution in [2.45, 2.75) is 25.3 Å². The van der Waals surface area contributed by atoms with E-state index in [2.05, 4.69) is 16.7 Å². The minimum Gasteiger partial charge on any atom is -0.507 e. The van der Waals surface area contributed by atoms with Crippen molar-refractivity contribution in [3.8, 4) is 11.4 Å². The zero-order chi connectivity index (χ0) is 21.8. The number of aryl methyl sites for hydroxylation is 1. The first kappa shape index (κ1) is 19.6. The van der Waals surface area contributed by atoms with E-state index in [1.807, 2.05) is 31.2 Å². The molecule has 1 aliphatic carbocycles. The zero-order valence-corrected chi connectivity index (χ0v) is 17.5. The van der Waals surface area contributed by atoms with Crippen LogP contribution < -0.4 is 5.73 Å². The van der Waals surface area contributed by atoms with Gasteiger partial charge in [0.1, 0.15) is 5.75 Å². The Balaban J connectivity index is 1.34. The molecular weight excluding hydrogens is 392 g/mol. The second-order valence-corrected chi connectivity index (χ2v) is 8.62. The molecule has 0 atom stereocenters. The molecule has 2 heterocycles. The number of nitrogens with zero attached hydrogens (tertiary/aromatic N) is 3. The number of phenolic OH excluding ortho intramolecular Hbond substituents is 1. The van der Waals surface area contributed by atoms with E-state index in [1.165, 1.54) is 0 Å². The number of benzene rings is 2. The normalized spacial score (nSPS) is 17.7. The first-order valence-corrected chi connectivity index (χ1v) is 10.7. The standard InChI is InChI=1S/C24H26N4O3/c1-16-14-17-4-2-3-5-20(17)28(16)18-6-7-19(21(29)15-18)22(30)26-10-12-27(13-11-26)23(31)24(25)8-9-24/h2-7,14-15,29H,8-13,25H2,1H3. The summed E-state index contributed by atoms with van der Waals surface area (Å²) in [6.07, 6.45) is 1.47. The number of aromatic hydroxyl groups is 1. The van der Waals surface area contributed by atoms with Crippen molar-refractivity contribution in [1.29, 1.82) is 0 Å². The molecule has 2 aromatic carbocycles. The molecule has 1 aliphatic heterocycles. The smallest absolute Gasteiger partial charge is 0.257 e. The van der Waals surface area contributed by atoms with E-state index in [9.17, 15) is 14.7 Å². The number of aromatic nitrogens is 1. The van der Waals surface area contributed by atoms with Crippen LogP contribution in [0.15, 0.2) is 48.5 Å². The number of hydrogen-bond donors (Lipinski definition) is 2. The van der Waals surface area contributed by atoms with Gasteiger partial charge in [0, 0.05) is 49.0 Å². The first-order chi connectivity index (χ1) is 14.9. The third-order valence-electron chi connectivity index (χ3n) is 6.43. The maximum atomic E-state index is 13.0. The van der Waals surface area contributed by atoms with Crippen LogP contribution in [0.4, 0.5) is 0 Å². The van der Waals surface area contributed by atoms with E-state index < -0.39 is 5.54 Å². The summed E-state index contributed by atoms with van der Waals surface area (Å²) in [5.74, 6) is -0.280. The average molecular weight is 418 g/mol. The van der Waals surface area contributed by atoms with Crippen LogP contribution in [-0.4, -0.2) is 63.0 Å². The van der Waals surface area contributed by atoms with Crippen LogP contribution in [0.1, 0.15) is 28.9 Å². The average Bonchev–Trinajstić information content (AvgIpc) is 3.43. The molecule has 0 radical (unpaired) electrons. The molecule has 1 saturated heterocycles. The van der Waals surface area contributed by atoms with E-state index in [1.54, 1.807) is 21.9 Å². The van der Waals surface area contributed by atoms with Crippen molar-refractivity contribution in [1.82, 2.24) is 14.4 Å². The van der Waals surface area contributed by atoms with Gasteiger partial charge in [-0.05, 0) is 44.0 Å². The number of hydrogen-bond acceptors (Lipinski definition) is 4. The molecule has 1 saturated carbocycles. The Kier molecular flexibility index (Phi) is 4.51. The minimum atomic E-state index is -0.680. The molecule has 31 heavy (non-hydrogen) atoms. The van der Waals surface area contributed by atoms with Gasteiger partial charge >= 0.3 is 0 Å². The van der Waals surface area contributed by atoms with Crippen LogP contribution >= 0.6 is 0 Å². The van der Waals surface area contributed by atoms with Gasteiger partial charge in [-0.15, -0.1) is 0 Å². The second kappa shape index (κ2) is 7.13. The van der Waals surface area contributed by atoms with Crippen molar-refractivity contribution in [3.05, 3.63) is 59.8 Å². The Morgan fingerprint density at radius 2 is 1.65 bits per heavy atom. The van der Waals surface area contributed by atoms with Crippen molar-refractivity contribution in [2.75, 3.05) is 26.2 Å². The number of carbonyl (C=O) groups excluding carboxylic acids is 2. The van der Waals surface area contributed by atoms with Gasteiger partial charge in [-0.1, -0.05) is 18.2 Å². The zero-order valence-electron chi connectivity index (χ0n) is 17.5. The van der Waals surface area contributed by atoms with E-state index in [0.717, 1.165) is 35.1 Å². The summed E-state index contributed by atoms with van der Waals surface area (Å²) in [6.45, 7) is 3.82. The molecule has 2 aliphatic rings. The number of fused-ring (bicyclic) bond motifs is 1. The van der Waals surface area contributed by atoms with Gasteiger partial charge in [-0.3, -0.25) is 9.59 Å². The third kappa shape index (κ3) is 3.35. The van der Waals surface area contributed by atoms with Gasteiger partial charge < -0.3 is 25.2 Å². The van der Waals surface area contributed by atoms with Crippen LogP contribution in [0.3, 0.4) is 0 Å². The molecular formula is C24H26N4O3. The largest absolute Gasteiger partial charge is 0.507 e. The molecule has 7 heteroatoms. The molecule has 0 bridgehead atoms. The molecule has 5 rings (SSSR count).